The molecule has 0 N–H and O–H groups in total. The lowest BCUT2D eigenvalue weighted by atomic mass is 10.2. The summed E-state index contributed by atoms with van der Waals surface area (Å²) < 4.78 is 22.3. The van der Waals surface area contributed by atoms with E-state index in [1.165, 1.54) is 0 Å². The molecular formula is C25H27NO5. The van der Waals surface area contributed by atoms with E-state index in [4.69, 9.17) is 23.8 Å². The Morgan fingerprint density at radius 2 is 1.52 bits per heavy atom. The van der Waals surface area contributed by atoms with Gasteiger partial charge in [0.15, 0.2) is 18.1 Å². The Balaban J connectivity index is 1.42. The number of hydrogen-bond acceptors (Lipinski definition) is 6. The van der Waals surface area contributed by atoms with Crippen LogP contribution in [0.3, 0.4) is 0 Å². The molecule has 0 saturated carbocycles. The highest BCUT2D eigenvalue weighted by molar-refractivity contribution is 5.80. The maximum atomic E-state index is 5.86. The van der Waals surface area contributed by atoms with Gasteiger partial charge in [0, 0.05) is 5.56 Å². The van der Waals surface area contributed by atoms with Crippen LogP contribution in [0.2, 0.25) is 0 Å². The molecule has 31 heavy (non-hydrogen) atoms. The quantitative estimate of drug-likeness (QED) is 0.231. The number of rotatable bonds is 12. The zero-order chi connectivity index (χ0) is 21.7. The fraction of sp³-hybridized carbons (Fsp3) is 0.240. The highest BCUT2D eigenvalue weighted by Crippen LogP contribution is 2.28. The van der Waals surface area contributed by atoms with Crippen molar-refractivity contribution in [2.45, 2.75) is 13.5 Å². The molecule has 0 spiro atoms. The van der Waals surface area contributed by atoms with Crippen molar-refractivity contribution in [3.8, 4) is 23.0 Å². The lowest BCUT2D eigenvalue weighted by Gasteiger charge is -2.11. The lowest BCUT2D eigenvalue weighted by molar-refractivity contribution is 0.108. The van der Waals surface area contributed by atoms with E-state index in [1.54, 1.807) is 13.3 Å². The van der Waals surface area contributed by atoms with Crippen LogP contribution in [0.4, 0.5) is 0 Å². The molecule has 6 nitrogen and oxygen atoms in total. The van der Waals surface area contributed by atoms with Gasteiger partial charge >= 0.3 is 0 Å². The maximum Gasteiger partial charge on any atom is 0.161 e. The third-order valence-electron chi connectivity index (χ3n) is 4.28. The van der Waals surface area contributed by atoms with E-state index in [0.29, 0.717) is 37.9 Å². The van der Waals surface area contributed by atoms with Crippen molar-refractivity contribution in [1.29, 1.82) is 0 Å². The highest BCUT2D eigenvalue weighted by Gasteiger charge is 2.05. The molecule has 3 aromatic carbocycles. The Morgan fingerprint density at radius 3 is 2.23 bits per heavy atom. The first-order valence-electron chi connectivity index (χ1n) is 10.1. The molecule has 0 aliphatic carbocycles. The van der Waals surface area contributed by atoms with Gasteiger partial charge < -0.3 is 23.8 Å². The fourth-order valence-electron chi connectivity index (χ4n) is 2.77. The highest BCUT2D eigenvalue weighted by atomic mass is 16.6. The van der Waals surface area contributed by atoms with Crippen LogP contribution in [-0.2, 0) is 11.4 Å². The third-order valence-corrected chi connectivity index (χ3v) is 4.28. The van der Waals surface area contributed by atoms with Gasteiger partial charge in [0.1, 0.15) is 24.7 Å². The van der Waals surface area contributed by atoms with Crippen molar-refractivity contribution >= 4 is 6.21 Å². The first-order valence-corrected chi connectivity index (χ1v) is 10.1. The van der Waals surface area contributed by atoms with E-state index in [1.807, 2.05) is 79.7 Å². The first-order chi connectivity index (χ1) is 15.3. The average Bonchev–Trinajstić information content (AvgIpc) is 2.82. The summed E-state index contributed by atoms with van der Waals surface area (Å²) >= 11 is 0. The molecule has 0 amide bonds. The largest absolute Gasteiger partial charge is 0.494 e. The van der Waals surface area contributed by atoms with E-state index in [9.17, 15) is 0 Å². The van der Waals surface area contributed by atoms with Gasteiger partial charge in [-0.05, 0) is 55.0 Å². The van der Waals surface area contributed by atoms with Gasteiger partial charge in [-0.2, -0.15) is 0 Å². The van der Waals surface area contributed by atoms with Crippen LogP contribution in [0.15, 0.2) is 78.0 Å². The van der Waals surface area contributed by atoms with E-state index in [2.05, 4.69) is 5.16 Å². The molecule has 0 heterocycles. The predicted octanol–water partition coefficient (Wildman–Crippen LogP) is 5.10. The lowest BCUT2D eigenvalue weighted by Crippen LogP contribution is -2.04. The van der Waals surface area contributed by atoms with E-state index in [0.717, 1.165) is 22.6 Å². The molecule has 0 aliphatic heterocycles. The van der Waals surface area contributed by atoms with Gasteiger partial charge in [0.25, 0.3) is 0 Å². The summed E-state index contributed by atoms with van der Waals surface area (Å²) in [5.41, 5.74) is 1.94. The van der Waals surface area contributed by atoms with Crippen molar-refractivity contribution in [2.75, 3.05) is 26.9 Å². The SMILES string of the molecule is CCOc1ccc(OCCON=Cc2ccc(OCc3ccccc3)c(OC)c2)cc1. The standard InChI is InChI=1S/C25H27NO5/c1-3-28-22-10-12-23(13-11-22)29-15-16-31-26-18-21-9-14-24(25(17-21)27-2)30-19-20-7-5-4-6-8-20/h4-14,17-18H,3,15-16,19H2,1-2H3. The zero-order valence-corrected chi connectivity index (χ0v) is 17.8. The van der Waals surface area contributed by atoms with Crippen LogP contribution in [0.25, 0.3) is 0 Å². The Hall–Kier alpha value is -3.67. The van der Waals surface area contributed by atoms with E-state index < -0.39 is 0 Å². The molecule has 0 fully saturated rings. The molecule has 0 aliphatic rings. The minimum Gasteiger partial charge on any atom is -0.494 e. The van der Waals surface area contributed by atoms with Crippen molar-refractivity contribution in [1.82, 2.24) is 0 Å². The molecule has 0 saturated heterocycles. The van der Waals surface area contributed by atoms with Crippen LogP contribution >= 0.6 is 0 Å². The summed E-state index contributed by atoms with van der Waals surface area (Å²) in [6, 6.07) is 23.1. The second kappa shape index (κ2) is 12.1. The van der Waals surface area contributed by atoms with Gasteiger partial charge in [-0.15, -0.1) is 0 Å². The second-order valence-corrected chi connectivity index (χ2v) is 6.51. The monoisotopic (exact) mass is 421 g/mol. The van der Waals surface area contributed by atoms with Crippen LogP contribution in [0.5, 0.6) is 23.0 Å². The van der Waals surface area contributed by atoms with Crippen molar-refractivity contribution in [3.05, 3.63) is 83.9 Å². The molecule has 0 unspecified atom stereocenters. The maximum absolute atomic E-state index is 5.86. The molecular weight excluding hydrogens is 394 g/mol. The molecule has 0 atom stereocenters. The number of benzene rings is 3. The van der Waals surface area contributed by atoms with Gasteiger partial charge in [-0.25, -0.2) is 0 Å². The Labute approximate surface area is 183 Å². The topological polar surface area (TPSA) is 58.5 Å². The predicted molar refractivity (Wildman–Crippen MR) is 120 cm³/mol. The Kier molecular flexibility index (Phi) is 8.61. The molecule has 6 heteroatoms. The van der Waals surface area contributed by atoms with Crippen LogP contribution < -0.4 is 18.9 Å². The van der Waals surface area contributed by atoms with Gasteiger partial charge in [-0.1, -0.05) is 35.5 Å². The smallest absolute Gasteiger partial charge is 0.161 e. The number of ether oxygens (including phenoxy) is 4. The fourth-order valence-corrected chi connectivity index (χ4v) is 2.77. The number of nitrogens with zero attached hydrogens (tertiary/aromatic N) is 1. The van der Waals surface area contributed by atoms with Crippen LogP contribution in [0, 0.1) is 0 Å². The minimum atomic E-state index is 0.332. The van der Waals surface area contributed by atoms with Crippen LogP contribution in [0.1, 0.15) is 18.1 Å². The Bertz CT molecular complexity index is 942. The molecule has 3 rings (SSSR count). The van der Waals surface area contributed by atoms with Crippen LogP contribution in [-0.4, -0.2) is 33.1 Å². The summed E-state index contributed by atoms with van der Waals surface area (Å²) in [6.45, 7) is 3.79. The zero-order valence-electron chi connectivity index (χ0n) is 17.8. The number of hydrogen-bond donors (Lipinski definition) is 0. The second-order valence-electron chi connectivity index (χ2n) is 6.51. The summed E-state index contributed by atoms with van der Waals surface area (Å²) in [5, 5.41) is 3.99. The molecule has 0 aromatic heterocycles. The summed E-state index contributed by atoms with van der Waals surface area (Å²) in [7, 11) is 1.61. The van der Waals surface area contributed by atoms with Crippen molar-refractivity contribution in [3.63, 3.8) is 0 Å². The van der Waals surface area contributed by atoms with Gasteiger partial charge in [0.2, 0.25) is 0 Å². The van der Waals surface area contributed by atoms with Crippen molar-refractivity contribution < 1.29 is 23.8 Å². The molecule has 0 radical (unpaired) electrons. The first kappa shape index (κ1) is 22.0. The number of oxime groups is 1. The molecule has 0 bridgehead atoms. The van der Waals surface area contributed by atoms with Gasteiger partial charge in [-0.3, -0.25) is 0 Å². The molecule has 3 aromatic rings. The summed E-state index contributed by atoms with van der Waals surface area (Å²) in [4.78, 5) is 5.28. The average molecular weight is 421 g/mol. The normalized spacial score (nSPS) is 10.6. The Morgan fingerprint density at radius 1 is 0.774 bits per heavy atom. The van der Waals surface area contributed by atoms with E-state index >= 15 is 0 Å². The van der Waals surface area contributed by atoms with Crippen molar-refractivity contribution in [2.24, 2.45) is 5.16 Å². The number of methoxy groups -OCH3 is 1. The van der Waals surface area contributed by atoms with Gasteiger partial charge in [0.05, 0.1) is 19.9 Å². The summed E-state index contributed by atoms with van der Waals surface area (Å²) in [6.07, 6.45) is 1.63. The minimum absolute atomic E-state index is 0.332. The third kappa shape index (κ3) is 7.26. The van der Waals surface area contributed by atoms with E-state index in [-0.39, 0.29) is 0 Å². The molecule has 162 valence electrons. The summed E-state index contributed by atoms with van der Waals surface area (Å²) in [5.74, 6) is 2.89.